The molecule has 1 fully saturated rings. The Bertz CT molecular complexity index is 401. The molecule has 0 aromatic carbocycles. The highest BCUT2D eigenvalue weighted by atomic mass is 32.2. The molecule has 1 N–H and O–H groups in total. The summed E-state index contributed by atoms with van der Waals surface area (Å²) in [5.74, 6) is 0.353. The van der Waals surface area contributed by atoms with Crippen LogP contribution in [0.15, 0.2) is 17.8 Å². The molecule has 92 valence electrons. The number of carbonyl (C=O) groups excluding carboxylic acids is 1. The lowest BCUT2D eigenvalue weighted by atomic mass is 10.4. The van der Waals surface area contributed by atoms with Crippen molar-refractivity contribution in [1.82, 2.24) is 25.5 Å². The summed E-state index contributed by atoms with van der Waals surface area (Å²) in [4.78, 5) is 11.5. The van der Waals surface area contributed by atoms with Crippen LogP contribution in [0.3, 0.4) is 0 Å². The first kappa shape index (κ1) is 12.1. The molecule has 0 unspecified atom stereocenters. The highest BCUT2D eigenvalue weighted by Crippen LogP contribution is 2.36. The van der Waals surface area contributed by atoms with Crippen molar-refractivity contribution >= 4 is 17.7 Å². The first-order chi connectivity index (χ1) is 8.31. The fourth-order valence-corrected chi connectivity index (χ4v) is 2.10. The van der Waals surface area contributed by atoms with Crippen LogP contribution in [0.4, 0.5) is 0 Å². The Hall–Kier alpha value is -1.37. The maximum absolute atomic E-state index is 11.5. The quantitative estimate of drug-likeness (QED) is 0.442. The van der Waals surface area contributed by atoms with Crippen LogP contribution in [0.25, 0.3) is 0 Å². The zero-order valence-corrected chi connectivity index (χ0v) is 10.3. The monoisotopic (exact) mass is 253 g/mol. The molecule has 1 aromatic heterocycles. The lowest BCUT2D eigenvalue weighted by Gasteiger charge is -2.03. The van der Waals surface area contributed by atoms with Gasteiger partial charge in [0.05, 0.1) is 11.8 Å². The molecule has 1 heterocycles. The zero-order chi connectivity index (χ0) is 12.1. The average molecular weight is 253 g/mol. The third-order valence-electron chi connectivity index (χ3n) is 2.36. The standard InChI is InChI=1S/C10H15N5OS/c1-2-3-6-11-9(16)7-17-10-12-13-14-15(10)8-4-5-8/h2,8H,1,3-7H2,(H,11,16). The molecule has 2 rings (SSSR count). The fraction of sp³-hybridized carbons (Fsp3) is 0.600. The number of hydrogen-bond donors (Lipinski definition) is 1. The Morgan fingerprint density at radius 3 is 3.18 bits per heavy atom. The van der Waals surface area contributed by atoms with Crippen molar-refractivity contribution in [1.29, 1.82) is 0 Å². The largest absolute Gasteiger partial charge is 0.355 e. The molecule has 0 saturated heterocycles. The fourth-order valence-electron chi connectivity index (χ4n) is 1.32. The number of rotatable bonds is 7. The molecule has 1 aromatic rings. The van der Waals surface area contributed by atoms with Gasteiger partial charge in [0, 0.05) is 6.54 Å². The van der Waals surface area contributed by atoms with Gasteiger partial charge in [0.15, 0.2) is 0 Å². The van der Waals surface area contributed by atoms with Gasteiger partial charge in [-0.15, -0.1) is 11.7 Å². The number of nitrogens with one attached hydrogen (secondary N) is 1. The van der Waals surface area contributed by atoms with Crippen molar-refractivity contribution in [3.8, 4) is 0 Å². The Morgan fingerprint density at radius 1 is 1.65 bits per heavy atom. The molecule has 1 amide bonds. The summed E-state index contributed by atoms with van der Waals surface area (Å²) in [5.41, 5.74) is 0. The molecular weight excluding hydrogens is 238 g/mol. The lowest BCUT2D eigenvalue weighted by molar-refractivity contribution is -0.118. The van der Waals surface area contributed by atoms with Crippen molar-refractivity contribution in [3.63, 3.8) is 0 Å². The summed E-state index contributed by atoms with van der Waals surface area (Å²) in [6.07, 6.45) is 4.82. The van der Waals surface area contributed by atoms with E-state index in [1.165, 1.54) is 11.8 Å². The van der Waals surface area contributed by atoms with Crippen LogP contribution < -0.4 is 5.32 Å². The van der Waals surface area contributed by atoms with E-state index >= 15 is 0 Å². The summed E-state index contributed by atoms with van der Waals surface area (Å²) < 4.78 is 1.81. The van der Waals surface area contributed by atoms with E-state index in [0.29, 0.717) is 18.3 Å². The molecule has 0 bridgehead atoms. The summed E-state index contributed by atoms with van der Waals surface area (Å²) >= 11 is 1.38. The molecule has 1 saturated carbocycles. The topological polar surface area (TPSA) is 72.7 Å². The third kappa shape index (κ3) is 3.55. The second-order valence-electron chi connectivity index (χ2n) is 3.85. The van der Waals surface area contributed by atoms with Gasteiger partial charge in [0.25, 0.3) is 0 Å². The maximum atomic E-state index is 11.5. The predicted octanol–water partition coefficient (Wildman–Crippen LogP) is 0.792. The molecule has 0 spiro atoms. The summed E-state index contributed by atoms with van der Waals surface area (Å²) in [6, 6.07) is 0.441. The predicted molar refractivity (Wildman–Crippen MR) is 64.6 cm³/mol. The van der Waals surface area contributed by atoms with Crippen LogP contribution in [0.5, 0.6) is 0 Å². The minimum absolute atomic E-state index is 0.00203. The Morgan fingerprint density at radius 2 is 2.47 bits per heavy atom. The Labute approximate surface area is 104 Å². The summed E-state index contributed by atoms with van der Waals surface area (Å²) in [5, 5.41) is 15.0. The van der Waals surface area contributed by atoms with Gasteiger partial charge in [-0.3, -0.25) is 4.79 Å². The smallest absolute Gasteiger partial charge is 0.230 e. The number of tetrazole rings is 1. The van der Waals surface area contributed by atoms with Gasteiger partial charge in [0.1, 0.15) is 0 Å². The molecule has 0 aliphatic heterocycles. The molecule has 1 aliphatic rings. The van der Waals surface area contributed by atoms with E-state index in [0.717, 1.165) is 24.4 Å². The van der Waals surface area contributed by atoms with Crippen molar-refractivity contribution in [3.05, 3.63) is 12.7 Å². The highest BCUT2D eigenvalue weighted by Gasteiger charge is 2.27. The summed E-state index contributed by atoms with van der Waals surface area (Å²) in [6.45, 7) is 4.23. The van der Waals surface area contributed by atoms with Gasteiger partial charge in [-0.1, -0.05) is 17.8 Å². The number of amides is 1. The van der Waals surface area contributed by atoms with E-state index in [9.17, 15) is 4.79 Å². The number of thioether (sulfide) groups is 1. The lowest BCUT2D eigenvalue weighted by Crippen LogP contribution is -2.26. The number of hydrogen-bond acceptors (Lipinski definition) is 5. The second kappa shape index (κ2) is 5.81. The molecule has 0 atom stereocenters. The van der Waals surface area contributed by atoms with Crippen LogP contribution in [0, 0.1) is 0 Å². The average Bonchev–Trinajstić information content (AvgIpc) is 3.06. The Kier molecular flexibility index (Phi) is 4.13. The first-order valence-corrected chi connectivity index (χ1v) is 6.58. The van der Waals surface area contributed by atoms with Crippen LogP contribution in [0.1, 0.15) is 25.3 Å². The van der Waals surface area contributed by atoms with Gasteiger partial charge >= 0.3 is 0 Å². The van der Waals surface area contributed by atoms with E-state index < -0.39 is 0 Å². The Balaban J connectivity index is 1.75. The minimum atomic E-state index is 0.00203. The van der Waals surface area contributed by atoms with E-state index in [4.69, 9.17) is 0 Å². The molecule has 17 heavy (non-hydrogen) atoms. The van der Waals surface area contributed by atoms with Gasteiger partial charge in [-0.25, -0.2) is 4.68 Å². The third-order valence-corrected chi connectivity index (χ3v) is 3.29. The van der Waals surface area contributed by atoms with Gasteiger partial charge < -0.3 is 5.32 Å². The molecule has 1 aliphatic carbocycles. The van der Waals surface area contributed by atoms with Crippen molar-refractivity contribution in [2.75, 3.05) is 12.3 Å². The van der Waals surface area contributed by atoms with Crippen molar-refractivity contribution in [2.24, 2.45) is 0 Å². The molecule has 0 radical (unpaired) electrons. The van der Waals surface area contributed by atoms with Gasteiger partial charge in [-0.05, 0) is 29.7 Å². The molecule has 6 nitrogen and oxygen atoms in total. The number of carbonyl (C=O) groups is 1. The van der Waals surface area contributed by atoms with E-state index in [2.05, 4.69) is 27.4 Å². The van der Waals surface area contributed by atoms with Gasteiger partial charge in [-0.2, -0.15) is 0 Å². The number of nitrogens with zero attached hydrogens (tertiary/aromatic N) is 4. The SMILES string of the molecule is C=CCCNC(=O)CSc1nnnn1C1CC1. The minimum Gasteiger partial charge on any atom is -0.355 e. The highest BCUT2D eigenvalue weighted by molar-refractivity contribution is 7.99. The van der Waals surface area contributed by atoms with Crippen LogP contribution >= 0.6 is 11.8 Å². The van der Waals surface area contributed by atoms with Crippen molar-refractivity contribution in [2.45, 2.75) is 30.5 Å². The van der Waals surface area contributed by atoms with Crippen molar-refractivity contribution < 1.29 is 4.79 Å². The van der Waals surface area contributed by atoms with Crippen LogP contribution in [-0.4, -0.2) is 38.4 Å². The normalized spacial score (nSPS) is 14.6. The van der Waals surface area contributed by atoms with E-state index in [-0.39, 0.29) is 5.91 Å². The first-order valence-electron chi connectivity index (χ1n) is 5.59. The van der Waals surface area contributed by atoms with E-state index in [1.54, 1.807) is 6.08 Å². The maximum Gasteiger partial charge on any atom is 0.230 e. The van der Waals surface area contributed by atoms with Crippen LogP contribution in [-0.2, 0) is 4.79 Å². The zero-order valence-electron chi connectivity index (χ0n) is 9.50. The summed E-state index contributed by atoms with van der Waals surface area (Å²) in [7, 11) is 0. The molecule has 7 heteroatoms. The second-order valence-corrected chi connectivity index (χ2v) is 4.80. The molecular formula is C10H15N5OS. The van der Waals surface area contributed by atoms with Gasteiger partial charge in [0.2, 0.25) is 11.1 Å². The van der Waals surface area contributed by atoms with E-state index in [1.807, 2.05) is 4.68 Å². The van der Waals surface area contributed by atoms with Crippen LogP contribution in [0.2, 0.25) is 0 Å². The number of aromatic nitrogens is 4.